The van der Waals surface area contributed by atoms with Gasteiger partial charge < -0.3 is 0 Å². The summed E-state index contributed by atoms with van der Waals surface area (Å²) in [6.45, 7) is 8.93. The van der Waals surface area contributed by atoms with Gasteiger partial charge in [0.15, 0.2) is 0 Å². The van der Waals surface area contributed by atoms with E-state index >= 15 is 0 Å². The van der Waals surface area contributed by atoms with Crippen LogP contribution in [0.4, 0.5) is 0 Å². The van der Waals surface area contributed by atoms with Crippen LogP contribution < -0.4 is 0 Å². The molecule has 0 aromatic heterocycles. The minimum absolute atomic E-state index is 0.713. The zero-order chi connectivity index (χ0) is 13.1. The van der Waals surface area contributed by atoms with Crippen molar-refractivity contribution in [3.63, 3.8) is 0 Å². The Balaban J connectivity index is 2.72. The van der Waals surface area contributed by atoms with Gasteiger partial charge >= 0.3 is 0 Å². The van der Waals surface area contributed by atoms with E-state index in [0.717, 1.165) is 13.1 Å². The maximum Gasteiger partial charge on any atom is 0.0620 e. The van der Waals surface area contributed by atoms with Gasteiger partial charge in [-0.05, 0) is 36.8 Å². The van der Waals surface area contributed by atoms with Crippen LogP contribution >= 0.6 is 0 Å². The van der Waals surface area contributed by atoms with Crippen LogP contribution in [0.5, 0.6) is 0 Å². The van der Waals surface area contributed by atoms with Crippen LogP contribution in [0.15, 0.2) is 0 Å². The number of nitrogens with zero attached hydrogens (tertiary/aromatic N) is 2. The first-order valence-corrected chi connectivity index (χ1v) is 6.23. The van der Waals surface area contributed by atoms with Gasteiger partial charge in [0.2, 0.25) is 0 Å². The summed E-state index contributed by atoms with van der Waals surface area (Å²) in [6, 6.07) is 0. The SMILES string of the molecule is CCN1CC#CC#CCN(CC)CC#CC#CC1. The Labute approximate surface area is 111 Å². The molecular formula is C16H18N2. The molecule has 1 heterocycles. The summed E-state index contributed by atoms with van der Waals surface area (Å²) >= 11 is 0. The van der Waals surface area contributed by atoms with Crippen LogP contribution in [0, 0.1) is 47.4 Å². The van der Waals surface area contributed by atoms with Crippen molar-refractivity contribution in [2.45, 2.75) is 13.8 Å². The molecule has 0 spiro atoms. The first kappa shape index (κ1) is 14.2. The second-order valence-electron chi connectivity index (χ2n) is 3.81. The van der Waals surface area contributed by atoms with Gasteiger partial charge in [-0.3, -0.25) is 9.80 Å². The van der Waals surface area contributed by atoms with Crippen LogP contribution in [0.3, 0.4) is 0 Å². The predicted octanol–water partition coefficient (Wildman–Crippen LogP) is 0.657. The highest BCUT2D eigenvalue weighted by molar-refractivity contribution is 5.29. The zero-order valence-electron chi connectivity index (χ0n) is 11.1. The van der Waals surface area contributed by atoms with Gasteiger partial charge in [0.1, 0.15) is 0 Å². The molecule has 1 rings (SSSR count). The molecule has 2 nitrogen and oxygen atoms in total. The molecule has 0 aliphatic carbocycles. The van der Waals surface area contributed by atoms with Crippen LogP contribution in [0.1, 0.15) is 13.8 Å². The van der Waals surface area contributed by atoms with Gasteiger partial charge in [0, 0.05) is 0 Å². The fourth-order valence-corrected chi connectivity index (χ4v) is 1.34. The van der Waals surface area contributed by atoms with E-state index in [1.54, 1.807) is 0 Å². The third-order valence-electron chi connectivity index (χ3n) is 2.58. The monoisotopic (exact) mass is 238 g/mol. The van der Waals surface area contributed by atoms with E-state index in [-0.39, 0.29) is 0 Å². The summed E-state index contributed by atoms with van der Waals surface area (Å²) in [7, 11) is 0. The van der Waals surface area contributed by atoms with Crippen molar-refractivity contribution < 1.29 is 0 Å². The molecule has 0 atom stereocenters. The Morgan fingerprint density at radius 1 is 0.611 bits per heavy atom. The average molecular weight is 238 g/mol. The molecule has 0 N–H and O–H groups in total. The Kier molecular flexibility index (Phi) is 7.28. The highest BCUT2D eigenvalue weighted by Gasteiger charge is 1.96. The molecule has 0 saturated carbocycles. The van der Waals surface area contributed by atoms with Crippen molar-refractivity contribution in [1.29, 1.82) is 0 Å². The largest absolute Gasteiger partial charge is 0.281 e. The van der Waals surface area contributed by atoms with Gasteiger partial charge in [-0.25, -0.2) is 0 Å². The van der Waals surface area contributed by atoms with Crippen molar-refractivity contribution in [2.24, 2.45) is 0 Å². The number of hydrogen-bond acceptors (Lipinski definition) is 2. The highest BCUT2D eigenvalue weighted by atomic mass is 15.1. The molecule has 1 aliphatic heterocycles. The number of rotatable bonds is 2. The lowest BCUT2D eigenvalue weighted by atomic mass is 10.4. The maximum absolute atomic E-state index is 3.05. The van der Waals surface area contributed by atoms with Crippen molar-refractivity contribution in [2.75, 3.05) is 39.3 Å². The molecule has 92 valence electrons. The van der Waals surface area contributed by atoms with Gasteiger partial charge in [-0.2, -0.15) is 0 Å². The Bertz CT molecular complexity index is 396. The van der Waals surface area contributed by atoms with Crippen molar-refractivity contribution in [3.8, 4) is 47.4 Å². The molecule has 2 heteroatoms. The predicted molar refractivity (Wildman–Crippen MR) is 75.3 cm³/mol. The van der Waals surface area contributed by atoms with Gasteiger partial charge in [0.25, 0.3) is 0 Å². The lowest BCUT2D eigenvalue weighted by molar-refractivity contribution is 0.365. The molecule has 1 aliphatic rings. The van der Waals surface area contributed by atoms with Gasteiger partial charge in [-0.1, -0.05) is 37.5 Å². The first-order valence-electron chi connectivity index (χ1n) is 6.23. The minimum atomic E-state index is 0.713. The zero-order valence-corrected chi connectivity index (χ0v) is 11.1. The van der Waals surface area contributed by atoms with E-state index in [4.69, 9.17) is 0 Å². The summed E-state index contributed by atoms with van der Waals surface area (Å²) in [5.74, 6) is 23.8. The molecule has 0 fully saturated rings. The van der Waals surface area contributed by atoms with Crippen LogP contribution in [0.25, 0.3) is 0 Å². The summed E-state index contributed by atoms with van der Waals surface area (Å²) in [6.07, 6.45) is 0. The summed E-state index contributed by atoms with van der Waals surface area (Å²) in [4.78, 5) is 4.32. The summed E-state index contributed by atoms with van der Waals surface area (Å²) in [5, 5.41) is 0. The third kappa shape index (κ3) is 6.03. The smallest absolute Gasteiger partial charge is 0.0620 e. The lowest BCUT2D eigenvalue weighted by Crippen LogP contribution is -2.24. The molecule has 0 radical (unpaired) electrons. The number of hydrogen-bond donors (Lipinski definition) is 0. The van der Waals surface area contributed by atoms with Crippen molar-refractivity contribution in [1.82, 2.24) is 9.80 Å². The molecule has 0 aromatic rings. The second-order valence-corrected chi connectivity index (χ2v) is 3.81. The average Bonchev–Trinajstić information content (AvgIpc) is 2.41. The van der Waals surface area contributed by atoms with E-state index in [1.807, 2.05) is 0 Å². The molecule has 0 amide bonds. The standard InChI is InChI=1S/C16H18N2/c1-3-17-13-9-5-7-11-15-18(4-2)16-12-8-6-10-14-17/h3-4,13-16H2,1-2H3. The summed E-state index contributed by atoms with van der Waals surface area (Å²) in [5.41, 5.74) is 0. The molecule has 18 heavy (non-hydrogen) atoms. The second kappa shape index (κ2) is 9.22. The Hall–Kier alpha value is -1.84. The topological polar surface area (TPSA) is 6.48 Å². The quantitative estimate of drug-likeness (QED) is 0.652. The van der Waals surface area contributed by atoms with E-state index in [2.05, 4.69) is 71.0 Å². The van der Waals surface area contributed by atoms with Crippen molar-refractivity contribution in [3.05, 3.63) is 0 Å². The Morgan fingerprint density at radius 2 is 0.889 bits per heavy atom. The first-order chi connectivity index (χ1) is 8.86. The normalized spacial score (nSPS) is 16.6. The molecule has 0 bridgehead atoms. The molecular weight excluding hydrogens is 220 g/mol. The van der Waals surface area contributed by atoms with Crippen LogP contribution in [-0.4, -0.2) is 49.1 Å². The third-order valence-corrected chi connectivity index (χ3v) is 2.58. The van der Waals surface area contributed by atoms with Gasteiger partial charge in [0.05, 0.1) is 26.2 Å². The van der Waals surface area contributed by atoms with E-state index in [0.29, 0.717) is 26.2 Å². The molecule has 0 aromatic carbocycles. The lowest BCUT2D eigenvalue weighted by Gasteiger charge is -2.13. The fourth-order valence-electron chi connectivity index (χ4n) is 1.34. The van der Waals surface area contributed by atoms with Gasteiger partial charge in [-0.15, -0.1) is 0 Å². The Morgan fingerprint density at radius 3 is 1.11 bits per heavy atom. The summed E-state index contributed by atoms with van der Waals surface area (Å²) < 4.78 is 0. The van der Waals surface area contributed by atoms with Crippen molar-refractivity contribution >= 4 is 0 Å². The fraction of sp³-hybridized carbons (Fsp3) is 0.500. The van der Waals surface area contributed by atoms with Crippen LogP contribution in [0.2, 0.25) is 0 Å². The molecule has 0 saturated heterocycles. The van der Waals surface area contributed by atoms with E-state index in [1.165, 1.54) is 0 Å². The maximum atomic E-state index is 3.05. The molecule has 0 unspecified atom stereocenters. The highest BCUT2D eigenvalue weighted by Crippen LogP contribution is 1.86. The van der Waals surface area contributed by atoms with E-state index < -0.39 is 0 Å². The minimum Gasteiger partial charge on any atom is -0.281 e. The van der Waals surface area contributed by atoms with E-state index in [9.17, 15) is 0 Å². The van der Waals surface area contributed by atoms with Crippen LogP contribution in [-0.2, 0) is 0 Å².